The molecule has 122 valence electrons. The van der Waals surface area contributed by atoms with E-state index < -0.39 is 11.6 Å². The summed E-state index contributed by atoms with van der Waals surface area (Å²) in [4.78, 5) is 0. The first kappa shape index (κ1) is 17.1. The van der Waals surface area contributed by atoms with Gasteiger partial charge in [0, 0.05) is 6.07 Å². The topological polar surface area (TPSA) is 33.3 Å². The molecule has 0 radical (unpaired) electrons. The number of hydrogen-bond donors (Lipinski definition) is 2. The van der Waals surface area contributed by atoms with Crippen LogP contribution < -0.4 is 15.4 Å². The summed E-state index contributed by atoms with van der Waals surface area (Å²) in [6.45, 7) is 4.27. The van der Waals surface area contributed by atoms with Crippen molar-refractivity contribution >= 4 is 23.0 Å². The molecule has 23 heavy (non-hydrogen) atoms. The Balaban J connectivity index is 1.84. The maximum Gasteiger partial charge on any atom is 0.171 e. The van der Waals surface area contributed by atoms with Gasteiger partial charge in [0.1, 0.15) is 24.0 Å². The molecule has 0 spiro atoms. The lowest BCUT2D eigenvalue weighted by atomic mass is 10.2. The summed E-state index contributed by atoms with van der Waals surface area (Å²) in [5.74, 6) is -0.519. The van der Waals surface area contributed by atoms with Crippen LogP contribution in [-0.4, -0.2) is 17.8 Å². The average molecular weight is 336 g/mol. The molecule has 0 saturated carbocycles. The van der Waals surface area contributed by atoms with E-state index in [1.165, 1.54) is 12.1 Å². The van der Waals surface area contributed by atoms with Crippen molar-refractivity contribution in [3.05, 3.63) is 59.7 Å². The van der Waals surface area contributed by atoms with E-state index >= 15 is 0 Å². The zero-order valence-electron chi connectivity index (χ0n) is 12.9. The Hall–Kier alpha value is -2.21. The lowest BCUT2D eigenvalue weighted by Gasteiger charge is -2.18. The average Bonchev–Trinajstić information content (AvgIpc) is 2.49. The first-order valence-electron chi connectivity index (χ1n) is 7.16. The fourth-order valence-electron chi connectivity index (χ4n) is 1.95. The Morgan fingerprint density at radius 2 is 1.96 bits per heavy atom. The van der Waals surface area contributed by atoms with E-state index in [0.29, 0.717) is 6.61 Å². The van der Waals surface area contributed by atoms with Gasteiger partial charge in [-0.25, -0.2) is 8.78 Å². The molecule has 2 aromatic carbocycles. The van der Waals surface area contributed by atoms with Crippen molar-refractivity contribution in [2.45, 2.75) is 19.9 Å². The summed E-state index contributed by atoms with van der Waals surface area (Å²) in [7, 11) is 0. The highest BCUT2D eigenvalue weighted by Gasteiger charge is 2.09. The third-order valence-electron chi connectivity index (χ3n) is 3.14. The summed E-state index contributed by atoms with van der Waals surface area (Å²) >= 11 is 5.12. The van der Waals surface area contributed by atoms with E-state index in [0.717, 1.165) is 17.4 Å². The highest BCUT2D eigenvalue weighted by Crippen LogP contribution is 2.16. The molecular formula is C17H18F2N2OS. The Labute approximate surface area is 139 Å². The van der Waals surface area contributed by atoms with E-state index in [1.807, 2.05) is 38.1 Å². The standard InChI is InChI=1S/C17H18F2N2OS/c1-11-5-3-4-6-16(11)22-10-12(2)20-17(23)21-15-8-7-13(18)9-14(15)19/h3-9,12H,10H2,1-2H3,(H2,20,21,23)/t12-/m0/s1. The van der Waals surface area contributed by atoms with Crippen LogP contribution in [0.3, 0.4) is 0 Å². The fourth-order valence-corrected chi connectivity index (χ4v) is 2.26. The van der Waals surface area contributed by atoms with Crippen LogP contribution in [0.1, 0.15) is 12.5 Å². The van der Waals surface area contributed by atoms with E-state index in [9.17, 15) is 8.78 Å². The molecule has 0 heterocycles. The van der Waals surface area contributed by atoms with Gasteiger partial charge in [-0.1, -0.05) is 18.2 Å². The highest BCUT2D eigenvalue weighted by atomic mass is 32.1. The van der Waals surface area contributed by atoms with Crippen LogP contribution >= 0.6 is 12.2 Å². The monoisotopic (exact) mass is 336 g/mol. The Morgan fingerprint density at radius 3 is 2.65 bits per heavy atom. The first-order chi connectivity index (χ1) is 11.0. The summed E-state index contributed by atoms with van der Waals surface area (Å²) in [5, 5.41) is 5.94. The Bertz CT molecular complexity index is 694. The van der Waals surface area contributed by atoms with Gasteiger partial charge in [0.15, 0.2) is 5.11 Å². The van der Waals surface area contributed by atoms with Gasteiger partial charge in [0.25, 0.3) is 0 Å². The van der Waals surface area contributed by atoms with Crippen LogP contribution in [0.2, 0.25) is 0 Å². The molecule has 0 saturated heterocycles. The predicted octanol–water partition coefficient (Wildman–Crippen LogP) is 4.03. The molecule has 0 unspecified atom stereocenters. The molecule has 2 rings (SSSR count). The van der Waals surface area contributed by atoms with Crippen molar-refractivity contribution in [1.82, 2.24) is 5.32 Å². The Morgan fingerprint density at radius 1 is 1.22 bits per heavy atom. The number of ether oxygens (including phenoxy) is 1. The zero-order valence-corrected chi connectivity index (χ0v) is 13.7. The molecule has 0 aliphatic rings. The Kier molecular flexibility index (Phi) is 5.87. The van der Waals surface area contributed by atoms with Crippen LogP contribution in [-0.2, 0) is 0 Å². The largest absolute Gasteiger partial charge is 0.491 e. The van der Waals surface area contributed by atoms with Gasteiger partial charge >= 0.3 is 0 Å². The fraction of sp³-hybridized carbons (Fsp3) is 0.235. The SMILES string of the molecule is Cc1ccccc1OC[C@H](C)NC(=S)Nc1ccc(F)cc1F. The molecule has 3 nitrogen and oxygen atoms in total. The molecule has 2 aromatic rings. The van der Waals surface area contributed by atoms with Crippen molar-refractivity contribution in [2.75, 3.05) is 11.9 Å². The van der Waals surface area contributed by atoms with Gasteiger partial charge < -0.3 is 15.4 Å². The number of para-hydroxylation sites is 1. The van der Waals surface area contributed by atoms with Gasteiger partial charge in [-0.05, 0) is 49.8 Å². The molecule has 0 aliphatic heterocycles. The third-order valence-corrected chi connectivity index (χ3v) is 3.36. The molecule has 0 bridgehead atoms. The minimum Gasteiger partial charge on any atom is -0.491 e. The number of anilines is 1. The number of benzene rings is 2. The molecule has 1 atom stereocenters. The normalized spacial score (nSPS) is 11.7. The molecule has 6 heteroatoms. The van der Waals surface area contributed by atoms with Crippen LogP contribution in [0.5, 0.6) is 5.75 Å². The maximum atomic E-state index is 13.5. The first-order valence-corrected chi connectivity index (χ1v) is 7.57. The van der Waals surface area contributed by atoms with Crippen LogP contribution in [0.4, 0.5) is 14.5 Å². The summed E-state index contributed by atoms with van der Waals surface area (Å²) < 4.78 is 32.1. The smallest absolute Gasteiger partial charge is 0.171 e. The molecular weight excluding hydrogens is 318 g/mol. The lowest BCUT2D eigenvalue weighted by molar-refractivity contribution is 0.285. The van der Waals surface area contributed by atoms with E-state index in [4.69, 9.17) is 17.0 Å². The number of hydrogen-bond acceptors (Lipinski definition) is 2. The van der Waals surface area contributed by atoms with Crippen molar-refractivity contribution < 1.29 is 13.5 Å². The lowest BCUT2D eigenvalue weighted by Crippen LogP contribution is -2.39. The van der Waals surface area contributed by atoms with Crippen molar-refractivity contribution in [3.63, 3.8) is 0 Å². The second-order valence-electron chi connectivity index (χ2n) is 5.20. The molecule has 0 aromatic heterocycles. The minimum atomic E-state index is -0.696. The van der Waals surface area contributed by atoms with Gasteiger partial charge in [0.05, 0.1) is 11.7 Å². The van der Waals surface area contributed by atoms with Crippen molar-refractivity contribution in [2.24, 2.45) is 0 Å². The van der Waals surface area contributed by atoms with E-state index in [2.05, 4.69) is 10.6 Å². The van der Waals surface area contributed by atoms with Gasteiger partial charge in [-0.3, -0.25) is 0 Å². The quantitative estimate of drug-likeness (QED) is 0.808. The van der Waals surface area contributed by atoms with Gasteiger partial charge in [0.2, 0.25) is 0 Å². The highest BCUT2D eigenvalue weighted by molar-refractivity contribution is 7.80. The van der Waals surface area contributed by atoms with Gasteiger partial charge in [-0.2, -0.15) is 0 Å². The number of halogens is 2. The second kappa shape index (κ2) is 7.87. The number of thiocarbonyl (C=S) groups is 1. The zero-order chi connectivity index (χ0) is 16.8. The summed E-state index contributed by atoms with van der Waals surface area (Å²) in [5.41, 5.74) is 1.17. The van der Waals surface area contributed by atoms with Gasteiger partial charge in [-0.15, -0.1) is 0 Å². The van der Waals surface area contributed by atoms with Crippen molar-refractivity contribution in [1.29, 1.82) is 0 Å². The summed E-state index contributed by atoms with van der Waals surface area (Å²) in [6.07, 6.45) is 0. The maximum absolute atomic E-state index is 13.5. The summed E-state index contributed by atoms with van der Waals surface area (Å²) in [6, 6.07) is 10.9. The molecule has 0 amide bonds. The number of rotatable bonds is 5. The predicted molar refractivity (Wildman–Crippen MR) is 91.9 cm³/mol. The molecule has 0 fully saturated rings. The second-order valence-corrected chi connectivity index (χ2v) is 5.61. The van der Waals surface area contributed by atoms with E-state index in [-0.39, 0.29) is 16.8 Å². The van der Waals surface area contributed by atoms with E-state index in [1.54, 1.807) is 0 Å². The minimum absolute atomic E-state index is 0.0851. The van der Waals surface area contributed by atoms with Crippen LogP contribution in [0.15, 0.2) is 42.5 Å². The molecule has 2 N–H and O–H groups in total. The third kappa shape index (κ3) is 5.17. The molecule has 0 aliphatic carbocycles. The van der Waals surface area contributed by atoms with Crippen LogP contribution in [0.25, 0.3) is 0 Å². The number of aryl methyl sites for hydroxylation is 1. The van der Waals surface area contributed by atoms with Crippen molar-refractivity contribution in [3.8, 4) is 5.75 Å². The van der Waals surface area contributed by atoms with Crippen LogP contribution in [0, 0.1) is 18.6 Å². The number of nitrogens with one attached hydrogen (secondary N) is 2.